The number of hydrogen-bond acceptors (Lipinski definition) is 3. The largest absolute Gasteiger partial charge is 0.273 e. The lowest BCUT2D eigenvalue weighted by molar-refractivity contribution is -0.155. The molecule has 0 spiro atoms. The van der Waals surface area contributed by atoms with Gasteiger partial charge in [0, 0.05) is 25.3 Å². The highest BCUT2D eigenvalue weighted by atomic mass is 79.9. The molecule has 1 saturated carbocycles. The summed E-state index contributed by atoms with van der Waals surface area (Å²) in [5.74, 6) is -2.02. The van der Waals surface area contributed by atoms with E-state index in [1.165, 1.54) is 5.01 Å². The first-order chi connectivity index (χ1) is 14.8. The number of amides is 3. The molecule has 0 N–H and O–H groups in total. The van der Waals surface area contributed by atoms with Crippen molar-refractivity contribution in [2.45, 2.75) is 29.0 Å². The number of imide groups is 1. The fourth-order valence-corrected chi connectivity index (χ4v) is 5.54. The molecule has 4 rings (SSSR count). The molecule has 31 heavy (non-hydrogen) atoms. The maximum Gasteiger partial charge on any atom is 0.273 e. The van der Waals surface area contributed by atoms with Crippen LogP contribution < -0.4 is 0 Å². The average molecular weight is 589 g/mol. The van der Waals surface area contributed by atoms with Crippen molar-refractivity contribution in [2.75, 3.05) is 0 Å². The smallest absolute Gasteiger partial charge is 0.272 e. The molecule has 0 unspecified atom stereocenters. The highest BCUT2D eigenvalue weighted by Gasteiger charge is 2.54. The van der Waals surface area contributed by atoms with Gasteiger partial charge in [0.2, 0.25) is 0 Å². The van der Waals surface area contributed by atoms with Crippen LogP contribution in [0.5, 0.6) is 0 Å². The summed E-state index contributed by atoms with van der Waals surface area (Å²) in [5.41, 5.74) is 1.09. The first-order valence-corrected chi connectivity index (χ1v) is 12.3. The van der Waals surface area contributed by atoms with Gasteiger partial charge in [0.15, 0.2) is 0 Å². The topological polar surface area (TPSA) is 57.7 Å². The Balaban J connectivity index is 1.70. The van der Waals surface area contributed by atoms with Crippen molar-refractivity contribution < 1.29 is 14.4 Å². The normalized spacial score (nSPS) is 25.5. The molecule has 0 radical (unpaired) electrons. The molecule has 2 aromatic rings. The standard InChI is InChI=1S/C22H18Br2Cl2N2O3/c23-18-9-16-17(10-19(18)24)22(31)28(21(16)30)27(11-12-1-5-14(25)6-2-12)20(29)13-3-7-15(26)8-4-13/h1-8,16-19H,9-11H2/t16-,17-,18-,19+/m1/s1. The van der Waals surface area contributed by atoms with Crippen molar-refractivity contribution in [3.8, 4) is 0 Å². The van der Waals surface area contributed by atoms with Gasteiger partial charge in [-0.1, -0.05) is 67.2 Å². The van der Waals surface area contributed by atoms with Crippen LogP contribution in [-0.4, -0.2) is 37.4 Å². The minimum Gasteiger partial charge on any atom is -0.272 e. The fourth-order valence-electron chi connectivity index (χ4n) is 4.05. The predicted molar refractivity (Wildman–Crippen MR) is 126 cm³/mol. The van der Waals surface area contributed by atoms with Crippen molar-refractivity contribution in [2.24, 2.45) is 11.8 Å². The van der Waals surface area contributed by atoms with Gasteiger partial charge in [-0.3, -0.25) is 14.4 Å². The number of carbonyl (C=O) groups is 3. The summed E-state index contributed by atoms with van der Waals surface area (Å²) in [5, 5.41) is 3.34. The fraction of sp³-hybridized carbons (Fsp3) is 0.318. The van der Waals surface area contributed by atoms with Crippen molar-refractivity contribution in [3.05, 3.63) is 69.7 Å². The predicted octanol–water partition coefficient (Wildman–Crippen LogP) is 5.47. The molecule has 3 amide bonds. The number of nitrogens with zero attached hydrogens (tertiary/aromatic N) is 2. The van der Waals surface area contributed by atoms with Crippen LogP contribution in [0.1, 0.15) is 28.8 Å². The Morgan fingerprint density at radius 3 is 1.81 bits per heavy atom. The Labute approximate surface area is 206 Å². The third kappa shape index (κ3) is 4.56. The summed E-state index contributed by atoms with van der Waals surface area (Å²) in [7, 11) is 0. The molecular formula is C22H18Br2Cl2N2O3. The van der Waals surface area contributed by atoms with Gasteiger partial charge in [0.05, 0.1) is 18.4 Å². The van der Waals surface area contributed by atoms with Gasteiger partial charge < -0.3 is 0 Å². The molecule has 2 aromatic carbocycles. The number of rotatable bonds is 4. The van der Waals surface area contributed by atoms with E-state index >= 15 is 0 Å². The van der Waals surface area contributed by atoms with Crippen LogP contribution in [0, 0.1) is 11.8 Å². The zero-order valence-electron chi connectivity index (χ0n) is 16.2. The van der Waals surface area contributed by atoms with Gasteiger partial charge in [-0.05, 0) is 54.8 Å². The van der Waals surface area contributed by atoms with Crippen molar-refractivity contribution in [3.63, 3.8) is 0 Å². The second kappa shape index (κ2) is 9.22. The molecule has 1 aliphatic heterocycles. The lowest BCUT2D eigenvalue weighted by Gasteiger charge is -2.30. The van der Waals surface area contributed by atoms with Gasteiger partial charge in [0.25, 0.3) is 17.7 Å². The Bertz CT molecular complexity index is 988. The first kappa shape index (κ1) is 22.8. The summed E-state index contributed by atoms with van der Waals surface area (Å²) < 4.78 is 0. The third-order valence-electron chi connectivity index (χ3n) is 5.70. The Morgan fingerprint density at radius 2 is 1.32 bits per heavy atom. The van der Waals surface area contributed by atoms with E-state index in [9.17, 15) is 14.4 Å². The molecular weight excluding hydrogens is 571 g/mol. The molecule has 4 atom stereocenters. The molecule has 0 aromatic heterocycles. The quantitative estimate of drug-likeness (QED) is 0.351. The summed E-state index contributed by atoms with van der Waals surface area (Å²) in [6.45, 7) is 0.0605. The van der Waals surface area contributed by atoms with Crippen LogP contribution >= 0.6 is 55.1 Å². The highest BCUT2D eigenvalue weighted by Crippen LogP contribution is 2.44. The second-order valence-corrected chi connectivity index (χ2v) is 10.9. The lowest BCUT2D eigenvalue weighted by atomic mass is 9.81. The van der Waals surface area contributed by atoms with Crippen LogP contribution in [0.3, 0.4) is 0 Å². The van der Waals surface area contributed by atoms with E-state index in [2.05, 4.69) is 31.9 Å². The second-order valence-electron chi connectivity index (χ2n) is 7.70. The van der Waals surface area contributed by atoms with E-state index < -0.39 is 17.7 Å². The molecule has 0 bridgehead atoms. The van der Waals surface area contributed by atoms with Crippen LogP contribution in [-0.2, 0) is 16.1 Å². The summed E-state index contributed by atoms with van der Waals surface area (Å²) in [6, 6.07) is 13.3. The molecule has 1 saturated heterocycles. The third-order valence-corrected chi connectivity index (χ3v) is 8.94. The van der Waals surface area contributed by atoms with Crippen LogP contribution in [0.2, 0.25) is 10.0 Å². The van der Waals surface area contributed by atoms with Crippen LogP contribution in [0.25, 0.3) is 0 Å². The number of alkyl halides is 2. The number of fused-ring (bicyclic) bond motifs is 1. The summed E-state index contributed by atoms with van der Waals surface area (Å²) >= 11 is 19.1. The van der Waals surface area contributed by atoms with E-state index in [0.29, 0.717) is 28.5 Å². The minimum absolute atomic E-state index is 0.0605. The molecule has 9 heteroatoms. The SMILES string of the molecule is O=C(c1ccc(Cl)cc1)N(Cc1ccc(Cl)cc1)N1C(=O)[C@@H]2C[C@@H](Br)[C@@H](Br)C[C@H]2C1=O. The van der Waals surface area contributed by atoms with Crippen molar-refractivity contribution in [1.82, 2.24) is 10.0 Å². The summed E-state index contributed by atoms with van der Waals surface area (Å²) in [4.78, 5) is 40.2. The van der Waals surface area contributed by atoms with E-state index in [1.807, 2.05) is 0 Å². The van der Waals surface area contributed by atoms with Gasteiger partial charge in [-0.15, -0.1) is 0 Å². The number of carbonyl (C=O) groups excluding carboxylic acids is 3. The van der Waals surface area contributed by atoms with Gasteiger partial charge >= 0.3 is 0 Å². The Hall–Kier alpha value is -1.41. The number of halogens is 4. The Kier molecular flexibility index (Phi) is 6.77. The van der Waals surface area contributed by atoms with Crippen LogP contribution in [0.15, 0.2) is 48.5 Å². The van der Waals surface area contributed by atoms with Crippen molar-refractivity contribution in [1.29, 1.82) is 0 Å². The van der Waals surface area contributed by atoms with Gasteiger partial charge in [0.1, 0.15) is 0 Å². The van der Waals surface area contributed by atoms with E-state index in [-0.39, 0.29) is 28.0 Å². The number of hydrogen-bond donors (Lipinski definition) is 0. The van der Waals surface area contributed by atoms with E-state index in [0.717, 1.165) is 10.6 Å². The zero-order chi connectivity index (χ0) is 22.3. The molecule has 1 aliphatic carbocycles. The monoisotopic (exact) mass is 586 g/mol. The van der Waals surface area contributed by atoms with Gasteiger partial charge in [-0.25, -0.2) is 5.01 Å². The average Bonchev–Trinajstić information content (AvgIpc) is 2.98. The molecule has 2 aliphatic rings. The minimum atomic E-state index is -0.448. The van der Waals surface area contributed by atoms with Crippen LogP contribution in [0.4, 0.5) is 0 Å². The molecule has 1 heterocycles. The molecule has 5 nitrogen and oxygen atoms in total. The summed E-state index contributed by atoms with van der Waals surface area (Å²) in [6.07, 6.45) is 1.07. The van der Waals surface area contributed by atoms with Gasteiger partial charge in [-0.2, -0.15) is 5.01 Å². The molecule has 162 valence electrons. The number of benzene rings is 2. The maximum absolute atomic E-state index is 13.4. The first-order valence-electron chi connectivity index (χ1n) is 9.74. The highest BCUT2D eigenvalue weighted by molar-refractivity contribution is 9.12. The molecule has 2 fully saturated rings. The van der Waals surface area contributed by atoms with E-state index in [4.69, 9.17) is 23.2 Å². The number of hydrazine groups is 1. The Morgan fingerprint density at radius 1 is 0.871 bits per heavy atom. The zero-order valence-corrected chi connectivity index (χ0v) is 20.9. The maximum atomic E-state index is 13.4. The van der Waals surface area contributed by atoms with Crippen molar-refractivity contribution >= 4 is 72.8 Å². The van der Waals surface area contributed by atoms with E-state index in [1.54, 1.807) is 48.5 Å². The lowest BCUT2D eigenvalue weighted by Crippen LogP contribution is -2.49.